The molecule has 1 aliphatic carbocycles. The molecule has 1 atom stereocenters. The molecule has 0 unspecified atom stereocenters. The van der Waals surface area contributed by atoms with Gasteiger partial charge < -0.3 is 4.52 Å². The molecule has 5 rings (SSSR count). The molecule has 2 fully saturated rings. The van der Waals surface area contributed by atoms with E-state index in [1.807, 2.05) is 24.3 Å². The van der Waals surface area contributed by atoms with Crippen LogP contribution in [-0.2, 0) is 6.54 Å². The summed E-state index contributed by atoms with van der Waals surface area (Å²) in [5.41, 5.74) is 3.21. The second-order valence-corrected chi connectivity index (χ2v) is 7.90. The number of rotatable bonds is 4. The third-order valence-electron chi connectivity index (χ3n) is 6.19. The van der Waals surface area contributed by atoms with Gasteiger partial charge >= 0.3 is 0 Å². The van der Waals surface area contributed by atoms with Gasteiger partial charge in [0.05, 0.1) is 11.6 Å². The van der Waals surface area contributed by atoms with Crippen molar-refractivity contribution in [3.63, 3.8) is 0 Å². The lowest BCUT2D eigenvalue weighted by atomic mass is 9.90. The van der Waals surface area contributed by atoms with E-state index in [-0.39, 0.29) is 0 Å². The van der Waals surface area contributed by atoms with Crippen LogP contribution in [-0.4, -0.2) is 33.1 Å². The maximum atomic E-state index is 8.92. The summed E-state index contributed by atoms with van der Waals surface area (Å²) >= 11 is 0. The molecule has 0 bridgehead atoms. The number of benzene rings is 1. The lowest BCUT2D eigenvalue weighted by Gasteiger charge is -2.32. The molecule has 2 aliphatic rings. The average molecular weight is 371 g/mol. The summed E-state index contributed by atoms with van der Waals surface area (Å²) < 4.78 is 5.59. The lowest BCUT2D eigenvalue weighted by molar-refractivity contribution is 0.159. The van der Waals surface area contributed by atoms with Crippen molar-refractivity contribution >= 4 is 0 Å². The van der Waals surface area contributed by atoms with E-state index in [0.29, 0.717) is 22.7 Å². The summed E-state index contributed by atoms with van der Waals surface area (Å²) in [5, 5.41) is 13.1. The van der Waals surface area contributed by atoms with E-state index < -0.39 is 0 Å². The van der Waals surface area contributed by atoms with Crippen molar-refractivity contribution in [3.05, 3.63) is 65.8 Å². The van der Waals surface area contributed by atoms with Crippen LogP contribution in [0.3, 0.4) is 0 Å². The number of aromatic nitrogens is 3. The first kappa shape index (κ1) is 17.1. The Morgan fingerprint density at radius 1 is 1.18 bits per heavy atom. The maximum absolute atomic E-state index is 8.92. The Morgan fingerprint density at radius 2 is 2.00 bits per heavy atom. The topological polar surface area (TPSA) is 78.8 Å². The van der Waals surface area contributed by atoms with Crippen LogP contribution >= 0.6 is 0 Å². The van der Waals surface area contributed by atoms with Crippen LogP contribution in [0.1, 0.15) is 42.2 Å². The predicted octanol–water partition coefficient (Wildman–Crippen LogP) is 3.77. The molecule has 1 aliphatic heterocycles. The van der Waals surface area contributed by atoms with Gasteiger partial charge in [-0.05, 0) is 67.6 Å². The highest BCUT2D eigenvalue weighted by Gasteiger charge is 2.58. The fourth-order valence-electron chi connectivity index (χ4n) is 4.34. The fraction of sp³-hybridized carbons (Fsp3) is 0.364. The van der Waals surface area contributed by atoms with Crippen molar-refractivity contribution < 1.29 is 4.52 Å². The van der Waals surface area contributed by atoms with Crippen LogP contribution in [0, 0.1) is 16.7 Å². The Morgan fingerprint density at radius 3 is 2.71 bits per heavy atom. The van der Waals surface area contributed by atoms with Gasteiger partial charge in [0.1, 0.15) is 0 Å². The Balaban J connectivity index is 1.20. The van der Waals surface area contributed by atoms with E-state index in [1.165, 1.54) is 18.4 Å². The molecule has 1 saturated heterocycles. The standard InChI is InChI=1S/C22H21N5O/c23-13-16-3-5-17(6-4-16)15-27-10-7-22(8-11-27)12-19(22)21-25-20(26-28-21)18-2-1-9-24-14-18/h1-6,9,14,19H,7-8,10-12,15H2/t19-/m0/s1. The summed E-state index contributed by atoms with van der Waals surface area (Å²) in [7, 11) is 0. The Hall–Kier alpha value is -3.04. The molecule has 3 heterocycles. The molecular weight excluding hydrogens is 350 g/mol. The van der Waals surface area contributed by atoms with E-state index >= 15 is 0 Å². The molecule has 1 spiro atoms. The molecular formula is C22H21N5O. The number of hydrogen-bond donors (Lipinski definition) is 0. The SMILES string of the molecule is N#Cc1ccc(CN2CCC3(CC2)C[C@H]3c2nc(-c3cccnc3)no2)cc1. The van der Waals surface area contributed by atoms with Crippen molar-refractivity contribution in [1.82, 2.24) is 20.0 Å². The Bertz CT molecular complexity index is 997. The van der Waals surface area contributed by atoms with Crippen molar-refractivity contribution in [2.24, 2.45) is 5.41 Å². The van der Waals surface area contributed by atoms with Crippen LogP contribution in [0.5, 0.6) is 0 Å². The molecule has 140 valence electrons. The molecule has 28 heavy (non-hydrogen) atoms. The minimum Gasteiger partial charge on any atom is -0.339 e. The molecule has 1 aromatic carbocycles. The van der Waals surface area contributed by atoms with Crippen LogP contribution in [0.25, 0.3) is 11.4 Å². The van der Waals surface area contributed by atoms with Crippen LogP contribution in [0.2, 0.25) is 0 Å². The molecule has 0 N–H and O–H groups in total. The quantitative estimate of drug-likeness (QED) is 0.694. The number of pyridine rings is 1. The van der Waals surface area contributed by atoms with Crippen molar-refractivity contribution in [3.8, 4) is 17.5 Å². The minimum absolute atomic E-state index is 0.333. The van der Waals surface area contributed by atoms with Crippen molar-refractivity contribution in [1.29, 1.82) is 5.26 Å². The van der Waals surface area contributed by atoms with Crippen molar-refractivity contribution in [2.75, 3.05) is 13.1 Å². The normalized spacial score (nSPS) is 20.8. The van der Waals surface area contributed by atoms with Gasteiger partial charge in [-0.15, -0.1) is 0 Å². The molecule has 0 radical (unpaired) electrons. The summed E-state index contributed by atoms with van der Waals surface area (Å²) in [6, 6.07) is 13.9. The van der Waals surface area contributed by atoms with E-state index in [1.54, 1.807) is 12.4 Å². The number of piperidine rings is 1. The number of nitriles is 1. The zero-order chi connectivity index (χ0) is 19.0. The van der Waals surface area contributed by atoms with Gasteiger partial charge in [0.2, 0.25) is 11.7 Å². The van der Waals surface area contributed by atoms with E-state index in [0.717, 1.165) is 37.5 Å². The first-order valence-electron chi connectivity index (χ1n) is 9.71. The first-order chi connectivity index (χ1) is 13.8. The third kappa shape index (κ3) is 3.19. The van der Waals surface area contributed by atoms with Crippen LogP contribution in [0.4, 0.5) is 0 Å². The molecule has 3 aromatic rings. The second kappa shape index (κ2) is 6.84. The summed E-state index contributed by atoms with van der Waals surface area (Å²) in [6.07, 6.45) is 6.98. The van der Waals surface area contributed by atoms with Gasteiger partial charge in [-0.25, -0.2) is 0 Å². The predicted molar refractivity (Wildman–Crippen MR) is 103 cm³/mol. The molecule has 6 heteroatoms. The lowest BCUT2D eigenvalue weighted by Crippen LogP contribution is -2.34. The van der Waals surface area contributed by atoms with Crippen molar-refractivity contribution in [2.45, 2.75) is 31.7 Å². The van der Waals surface area contributed by atoms with E-state index in [9.17, 15) is 0 Å². The van der Waals surface area contributed by atoms with Gasteiger partial charge in [-0.1, -0.05) is 17.3 Å². The largest absolute Gasteiger partial charge is 0.339 e. The fourth-order valence-corrected chi connectivity index (χ4v) is 4.34. The first-order valence-corrected chi connectivity index (χ1v) is 9.71. The molecule has 0 amide bonds. The van der Waals surface area contributed by atoms with E-state index in [4.69, 9.17) is 9.78 Å². The maximum Gasteiger partial charge on any atom is 0.230 e. The van der Waals surface area contributed by atoms with Gasteiger partial charge in [-0.3, -0.25) is 9.88 Å². The Labute approximate surface area is 163 Å². The smallest absolute Gasteiger partial charge is 0.230 e. The average Bonchev–Trinajstić information content (AvgIpc) is 3.22. The highest BCUT2D eigenvalue weighted by molar-refractivity contribution is 5.52. The highest BCUT2D eigenvalue weighted by Crippen LogP contribution is 2.64. The van der Waals surface area contributed by atoms with Gasteiger partial charge in [0.25, 0.3) is 0 Å². The van der Waals surface area contributed by atoms with Gasteiger partial charge in [0.15, 0.2) is 0 Å². The van der Waals surface area contributed by atoms with Crippen LogP contribution < -0.4 is 0 Å². The van der Waals surface area contributed by atoms with E-state index in [2.05, 4.69) is 38.2 Å². The van der Waals surface area contributed by atoms with Crippen LogP contribution in [0.15, 0.2) is 53.3 Å². The summed E-state index contributed by atoms with van der Waals surface area (Å²) in [4.78, 5) is 11.3. The minimum atomic E-state index is 0.333. The second-order valence-electron chi connectivity index (χ2n) is 7.90. The Kier molecular flexibility index (Phi) is 4.18. The zero-order valence-corrected chi connectivity index (χ0v) is 15.6. The molecule has 2 aromatic heterocycles. The summed E-state index contributed by atoms with van der Waals surface area (Å²) in [5.74, 6) is 1.80. The number of hydrogen-bond acceptors (Lipinski definition) is 6. The third-order valence-corrected chi connectivity index (χ3v) is 6.19. The molecule has 1 saturated carbocycles. The highest BCUT2D eigenvalue weighted by atomic mass is 16.5. The molecule has 6 nitrogen and oxygen atoms in total. The zero-order valence-electron chi connectivity index (χ0n) is 15.6. The summed E-state index contributed by atoms with van der Waals surface area (Å²) in [6.45, 7) is 3.11. The van der Waals surface area contributed by atoms with Gasteiger partial charge in [0, 0.05) is 30.4 Å². The monoisotopic (exact) mass is 371 g/mol. The van der Waals surface area contributed by atoms with Gasteiger partial charge in [-0.2, -0.15) is 10.2 Å². The number of likely N-dealkylation sites (tertiary alicyclic amines) is 1. The number of nitrogens with zero attached hydrogens (tertiary/aromatic N) is 5.